The van der Waals surface area contributed by atoms with Gasteiger partial charge in [0.25, 0.3) is 0 Å². The number of carbonyl (C=O) groups is 1. The molecule has 4 nitrogen and oxygen atoms in total. The lowest BCUT2D eigenvalue weighted by Gasteiger charge is -1.98. The van der Waals surface area contributed by atoms with Crippen molar-refractivity contribution in [3.63, 3.8) is 0 Å². The van der Waals surface area contributed by atoms with Crippen LogP contribution in [0, 0.1) is 5.92 Å². The van der Waals surface area contributed by atoms with Gasteiger partial charge in [0.15, 0.2) is 4.34 Å². The standard InChI is InChI=1S/C13H15N3OS2/c1-9(2)7-14-16-12(17)8-18-13-15-10-5-3-4-6-11(10)19-13/h3-7,9H,8H2,1-2H3,(H,16,17). The molecule has 0 fully saturated rings. The van der Waals surface area contributed by atoms with Crippen LogP contribution in [-0.4, -0.2) is 22.9 Å². The first-order chi connectivity index (χ1) is 9.15. The van der Waals surface area contributed by atoms with Gasteiger partial charge in [-0.15, -0.1) is 11.3 Å². The summed E-state index contributed by atoms with van der Waals surface area (Å²) in [6.07, 6.45) is 1.71. The van der Waals surface area contributed by atoms with Crippen molar-refractivity contribution < 1.29 is 4.79 Å². The number of thiazole rings is 1. The fourth-order valence-electron chi connectivity index (χ4n) is 1.33. The molecule has 0 bridgehead atoms. The number of rotatable bonds is 5. The molecule has 19 heavy (non-hydrogen) atoms. The van der Waals surface area contributed by atoms with E-state index in [0.29, 0.717) is 11.7 Å². The maximum atomic E-state index is 11.5. The van der Waals surface area contributed by atoms with Crippen LogP contribution in [0.2, 0.25) is 0 Å². The van der Waals surface area contributed by atoms with Crippen LogP contribution in [-0.2, 0) is 4.79 Å². The monoisotopic (exact) mass is 293 g/mol. The van der Waals surface area contributed by atoms with Crippen molar-refractivity contribution in [3.05, 3.63) is 24.3 Å². The third-order valence-corrected chi connectivity index (χ3v) is 4.34. The summed E-state index contributed by atoms with van der Waals surface area (Å²) in [7, 11) is 0. The summed E-state index contributed by atoms with van der Waals surface area (Å²) in [6, 6.07) is 7.96. The quantitative estimate of drug-likeness (QED) is 0.523. The number of hydrogen-bond acceptors (Lipinski definition) is 5. The Labute approximate surface area is 120 Å². The van der Waals surface area contributed by atoms with Crippen LogP contribution in [0.3, 0.4) is 0 Å². The molecule has 2 aromatic rings. The topological polar surface area (TPSA) is 54.4 Å². The summed E-state index contributed by atoms with van der Waals surface area (Å²) in [4.78, 5) is 16.0. The second-order valence-electron chi connectivity index (χ2n) is 4.29. The van der Waals surface area contributed by atoms with E-state index in [9.17, 15) is 4.79 Å². The SMILES string of the molecule is CC(C)C=NNC(=O)CSc1nc2ccccc2s1. The van der Waals surface area contributed by atoms with Gasteiger partial charge in [-0.25, -0.2) is 10.4 Å². The molecule has 0 aliphatic carbocycles. The van der Waals surface area contributed by atoms with Gasteiger partial charge in [0.05, 0.1) is 16.0 Å². The fraction of sp³-hybridized carbons (Fsp3) is 0.308. The first-order valence-corrected chi connectivity index (χ1v) is 7.76. The van der Waals surface area contributed by atoms with Crippen LogP contribution in [0.5, 0.6) is 0 Å². The van der Waals surface area contributed by atoms with Crippen molar-refractivity contribution in [1.29, 1.82) is 0 Å². The van der Waals surface area contributed by atoms with E-state index in [2.05, 4.69) is 15.5 Å². The lowest BCUT2D eigenvalue weighted by molar-refractivity contribution is -0.118. The number of nitrogens with zero attached hydrogens (tertiary/aromatic N) is 2. The Kier molecular flexibility index (Phi) is 4.93. The molecule has 6 heteroatoms. The number of hydrogen-bond donors (Lipinski definition) is 1. The van der Waals surface area contributed by atoms with E-state index in [-0.39, 0.29) is 5.91 Å². The first-order valence-electron chi connectivity index (χ1n) is 5.95. The molecular formula is C13H15N3OS2. The second-order valence-corrected chi connectivity index (χ2v) is 6.55. The molecule has 1 amide bonds. The van der Waals surface area contributed by atoms with Crippen LogP contribution < -0.4 is 5.43 Å². The van der Waals surface area contributed by atoms with E-state index in [1.165, 1.54) is 11.8 Å². The molecular weight excluding hydrogens is 278 g/mol. The van der Waals surface area contributed by atoms with Gasteiger partial charge in [-0.05, 0) is 18.1 Å². The van der Waals surface area contributed by atoms with E-state index < -0.39 is 0 Å². The fourth-order valence-corrected chi connectivity index (χ4v) is 3.19. The Bertz CT molecular complexity index is 559. The van der Waals surface area contributed by atoms with Crippen LogP contribution in [0.25, 0.3) is 10.2 Å². The molecule has 100 valence electrons. The van der Waals surface area contributed by atoms with Crippen molar-refractivity contribution in [3.8, 4) is 0 Å². The van der Waals surface area contributed by atoms with Crippen molar-refractivity contribution in [1.82, 2.24) is 10.4 Å². The molecule has 1 N–H and O–H groups in total. The number of fused-ring (bicyclic) bond motifs is 1. The Morgan fingerprint density at radius 2 is 2.32 bits per heavy atom. The normalized spacial score (nSPS) is 11.5. The Hall–Kier alpha value is -1.40. The molecule has 0 spiro atoms. The smallest absolute Gasteiger partial charge is 0.250 e. The number of para-hydroxylation sites is 1. The highest BCUT2D eigenvalue weighted by atomic mass is 32.2. The number of hydrazone groups is 1. The van der Waals surface area contributed by atoms with Crippen LogP contribution >= 0.6 is 23.1 Å². The summed E-state index contributed by atoms with van der Waals surface area (Å²) >= 11 is 3.04. The highest BCUT2D eigenvalue weighted by molar-refractivity contribution is 8.01. The van der Waals surface area contributed by atoms with Crippen LogP contribution in [0.4, 0.5) is 0 Å². The second kappa shape index (κ2) is 6.68. The zero-order valence-electron chi connectivity index (χ0n) is 10.8. The molecule has 0 saturated heterocycles. The predicted molar refractivity (Wildman–Crippen MR) is 81.8 cm³/mol. The zero-order chi connectivity index (χ0) is 13.7. The van der Waals surface area contributed by atoms with Gasteiger partial charge in [-0.3, -0.25) is 4.79 Å². The summed E-state index contributed by atoms with van der Waals surface area (Å²) in [6.45, 7) is 4.01. The number of nitrogens with one attached hydrogen (secondary N) is 1. The minimum Gasteiger partial charge on any atom is -0.272 e. The largest absolute Gasteiger partial charge is 0.272 e. The highest BCUT2D eigenvalue weighted by Crippen LogP contribution is 2.28. The highest BCUT2D eigenvalue weighted by Gasteiger charge is 2.06. The molecule has 0 radical (unpaired) electrons. The van der Waals surface area contributed by atoms with Crippen LogP contribution in [0.1, 0.15) is 13.8 Å². The van der Waals surface area contributed by atoms with E-state index in [0.717, 1.165) is 14.6 Å². The lowest BCUT2D eigenvalue weighted by atomic mass is 10.3. The van der Waals surface area contributed by atoms with E-state index in [4.69, 9.17) is 0 Å². The lowest BCUT2D eigenvalue weighted by Crippen LogP contribution is -2.19. The van der Waals surface area contributed by atoms with Crippen molar-refractivity contribution in [2.24, 2.45) is 11.0 Å². The molecule has 0 aliphatic rings. The summed E-state index contributed by atoms with van der Waals surface area (Å²) < 4.78 is 2.05. The molecule has 0 atom stereocenters. The zero-order valence-corrected chi connectivity index (χ0v) is 12.4. The molecule has 1 heterocycles. The van der Waals surface area contributed by atoms with Gasteiger partial charge in [-0.1, -0.05) is 37.7 Å². The summed E-state index contributed by atoms with van der Waals surface area (Å²) in [5.74, 6) is 0.549. The third kappa shape index (κ3) is 4.33. The van der Waals surface area contributed by atoms with Crippen molar-refractivity contribution >= 4 is 45.4 Å². The van der Waals surface area contributed by atoms with E-state index in [1.807, 2.05) is 38.1 Å². The minimum atomic E-state index is -0.110. The van der Waals surface area contributed by atoms with Gasteiger partial charge in [0, 0.05) is 6.21 Å². The average Bonchev–Trinajstić information content (AvgIpc) is 2.78. The molecule has 2 rings (SSSR count). The Balaban J connectivity index is 1.86. The first kappa shape index (κ1) is 14.0. The summed E-state index contributed by atoms with van der Waals surface area (Å²) in [5.41, 5.74) is 3.48. The Morgan fingerprint density at radius 3 is 3.05 bits per heavy atom. The number of benzene rings is 1. The number of amides is 1. The number of thioether (sulfide) groups is 1. The van der Waals surface area contributed by atoms with Gasteiger partial charge >= 0.3 is 0 Å². The molecule has 1 aromatic heterocycles. The van der Waals surface area contributed by atoms with Crippen molar-refractivity contribution in [2.45, 2.75) is 18.2 Å². The average molecular weight is 293 g/mol. The predicted octanol–water partition coefficient (Wildman–Crippen LogP) is 3.15. The third-order valence-electron chi connectivity index (χ3n) is 2.16. The maximum Gasteiger partial charge on any atom is 0.250 e. The minimum absolute atomic E-state index is 0.110. The van der Waals surface area contributed by atoms with Crippen LogP contribution in [0.15, 0.2) is 33.7 Å². The maximum absolute atomic E-state index is 11.5. The molecule has 0 unspecified atom stereocenters. The van der Waals surface area contributed by atoms with Gasteiger partial charge in [0.2, 0.25) is 5.91 Å². The molecule has 1 aromatic carbocycles. The number of carbonyl (C=O) groups excluding carboxylic acids is 1. The van der Waals surface area contributed by atoms with Crippen molar-refractivity contribution in [2.75, 3.05) is 5.75 Å². The Morgan fingerprint density at radius 1 is 1.53 bits per heavy atom. The van der Waals surface area contributed by atoms with E-state index in [1.54, 1.807) is 17.6 Å². The van der Waals surface area contributed by atoms with Gasteiger partial charge in [0.1, 0.15) is 0 Å². The molecule has 0 saturated carbocycles. The van der Waals surface area contributed by atoms with E-state index >= 15 is 0 Å². The molecule has 0 aliphatic heterocycles. The van der Waals surface area contributed by atoms with Gasteiger partial charge in [-0.2, -0.15) is 5.10 Å². The summed E-state index contributed by atoms with van der Waals surface area (Å²) in [5, 5.41) is 3.87. The van der Waals surface area contributed by atoms with Gasteiger partial charge < -0.3 is 0 Å². The number of aromatic nitrogens is 1.